The Morgan fingerprint density at radius 1 is 1.00 bits per heavy atom. The van der Waals surface area contributed by atoms with Crippen LogP contribution in [0.25, 0.3) is 11.0 Å². The van der Waals surface area contributed by atoms with E-state index in [-0.39, 0.29) is 11.9 Å². The number of hydrogen-bond acceptors (Lipinski definition) is 9. The highest BCUT2D eigenvalue weighted by Crippen LogP contribution is 2.35. The van der Waals surface area contributed by atoms with Crippen molar-refractivity contribution in [1.29, 1.82) is 0 Å². The normalized spacial score (nSPS) is 14.4. The number of carboxylic acid groups (broad SMARTS) is 1. The second-order valence-electron chi connectivity index (χ2n) is 9.90. The third-order valence-corrected chi connectivity index (χ3v) is 7.05. The van der Waals surface area contributed by atoms with E-state index in [9.17, 15) is 14.7 Å². The first kappa shape index (κ1) is 27.4. The third-order valence-electron chi connectivity index (χ3n) is 7.05. The fourth-order valence-electron chi connectivity index (χ4n) is 4.87. The zero-order valence-electron chi connectivity index (χ0n) is 23.2. The Bertz CT molecular complexity index is 1740. The number of rotatable bonds is 9. The summed E-state index contributed by atoms with van der Waals surface area (Å²) < 4.78 is 13.4. The lowest BCUT2D eigenvalue weighted by atomic mass is 10.2. The largest absolute Gasteiger partial charge is 0.497 e. The van der Waals surface area contributed by atoms with E-state index in [2.05, 4.69) is 25.6 Å². The molecular formula is C30H28N8O5. The molecule has 218 valence electrons. The standard InChI is InChI=1S/C30H28N8O5/c1-42-22-6-2-19(3-7-22)16-38-28-26(27(36-38)34-21-12-15-37(17-21)30(40)41)24(10-14-32-28)43-23-8-4-20(5-9-23)29(39)35-25-11-13-31-18-33-25/h2-11,13-14,18,21H,12,15-17H2,1H3,(H,34,36)(H,40,41)(H,31,33,35,39). The number of methoxy groups -OCH3 is 1. The maximum Gasteiger partial charge on any atom is 0.407 e. The Balaban J connectivity index is 1.28. The van der Waals surface area contributed by atoms with Gasteiger partial charge >= 0.3 is 6.09 Å². The number of benzene rings is 2. The molecule has 1 atom stereocenters. The number of likely N-dealkylation sites (tertiary alicyclic amines) is 1. The van der Waals surface area contributed by atoms with Crippen LogP contribution in [0, 0.1) is 0 Å². The van der Waals surface area contributed by atoms with Crippen LogP contribution < -0.4 is 20.1 Å². The average Bonchev–Trinajstić information content (AvgIpc) is 3.64. The van der Waals surface area contributed by atoms with E-state index in [1.165, 1.54) is 11.2 Å². The van der Waals surface area contributed by atoms with Crippen molar-refractivity contribution in [2.75, 3.05) is 30.8 Å². The number of carbonyl (C=O) groups is 2. The molecule has 0 bridgehead atoms. The number of anilines is 2. The minimum atomic E-state index is -0.945. The van der Waals surface area contributed by atoms with E-state index >= 15 is 0 Å². The molecule has 5 aromatic rings. The van der Waals surface area contributed by atoms with Gasteiger partial charge in [-0.05, 0) is 54.4 Å². The number of nitrogens with one attached hydrogen (secondary N) is 2. The number of ether oxygens (including phenoxy) is 2. The number of hydrogen-bond donors (Lipinski definition) is 3. The minimum Gasteiger partial charge on any atom is -0.497 e. The predicted molar refractivity (Wildman–Crippen MR) is 158 cm³/mol. The molecule has 3 aromatic heterocycles. The maximum atomic E-state index is 12.6. The molecule has 0 radical (unpaired) electrons. The summed E-state index contributed by atoms with van der Waals surface area (Å²) in [5, 5.41) is 21.1. The van der Waals surface area contributed by atoms with Crippen molar-refractivity contribution in [3.63, 3.8) is 0 Å². The highest BCUT2D eigenvalue weighted by atomic mass is 16.5. The lowest BCUT2D eigenvalue weighted by Gasteiger charge is -2.14. The van der Waals surface area contributed by atoms with Crippen LogP contribution in [0.3, 0.4) is 0 Å². The van der Waals surface area contributed by atoms with Gasteiger partial charge in [-0.1, -0.05) is 12.1 Å². The summed E-state index contributed by atoms with van der Waals surface area (Å²) in [6.45, 7) is 1.23. The predicted octanol–water partition coefficient (Wildman–Crippen LogP) is 4.49. The van der Waals surface area contributed by atoms with Gasteiger partial charge in [0.15, 0.2) is 11.5 Å². The smallest absolute Gasteiger partial charge is 0.407 e. The van der Waals surface area contributed by atoms with Crippen molar-refractivity contribution < 1.29 is 24.2 Å². The quantitative estimate of drug-likeness (QED) is 0.227. The number of carbonyl (C=O) groups excluding carboxylic acids is 1. The van der Waals surface area contributed by atoms with E-state index in [0.717, 1.165) is 11.3 Å². The Labute approximate surface area is 246 Å². The molecule has 0 saturated carbocycles. The Morgan fingerprint density at radius 2 is 1.79 bits per heavy atom. The first-order valence-corrected chi connectivity index (χ1v) is 13.5. The van der Waals surface area contributed by atoms with E-state index in [4.69, 9.17) is 14.6 Å². The highest BCUT2D eigenvalue weighted by molar-refractivity contribution is 6.03. The first-order chi connectivity index (χ1) is 21.0. The molecule has 0 aliphatic carbocycles. The molecule has 1 saturated heterocycles. The van der Waals surface area contributed by atoms with Crippen LogP contribution in [0.2, 0.25) is 0 Å². The van der Waals surface area contributed by atoms with Crippen molar-refractivity contribution in [3.8, 4) is 17.2 Å². The zero-order chi connectivity index (χ0) is 29.8. The molecule has 1 unspecified atom stereocenters. The van der Waals surface area contributed by atoms with Crippen LogP contribution in [0.1, 0.15) is 22.3 Å². The molecule has 43 heavy (non-hydrogen) atoms. The van der Waals surface area contributed by atoms with E-state index < -0.39 is 6.09 Å². The molecule has 1 fully saturated rings. The van der Waals surface area contributed by atoms with Gasteiger partial charge in [0.1, 0.15) is 34.8 Å². The molecule has 1 aliphatic heterocycles. The van der Waals surface area contributed by atoms with Gasteiger partial charge in [-0.3, -0.25) is 4.79 Å². The summed E-state index contributed by atoms with van der Waals surface area (Å²) in [5.41, 5.74) is 2.04. The van der Waals surface area contributed by atoms with Crippen molar-refractivity contribution >= 4 is 34.7 Å². The third kappa shape index (κ3) is 6.15. The molecular weight excluding hydrogens is 552 g/mol. The first-order valence-electron chi connectivity index (χ1n) is 13.5. The van der Waals surface area contributed by atoms with Gasteiger partial charge in [0.25, 0.3) is 5.91 Å². The van der Waals surface area contributed by atoms with Crippen molar-refractivity contribution in [1.82, 2.24) is 29.6 Å². The fourth-order valence-corrected chi connectivity index (χ4v) is 4.87. The molecule has 6 rings (SSSR count). The molecule has 3 N–H and O–H groups in total. The van der Waals surface area contributed by atoms with E-state index in [0.29, 0.717) is 65.8 Å². The SMILES string of the molecule is COc1ccc(Cn2nc(NC3CCN(C(=O)O)C3)c3c(Oc4ccc(C(=O)Nc5ccncn5)cc4)ccnc32)cc1. The number of aromatic nitrogens is 5. The van der Waals surface area contributed by atoms with Crippen LogP contribution in [-0.2, 0) is 6.54 Å². The summed E-state index contributed by atoms with van der Waals surface area (Å²) in [4.78, 5) is 38.0. The number of amides is 2. The monoisotopic (exact) mass is 580 g/mol. The number of pyridine rings is 1. The molecule has 2 aromatic carbocycles. The number of fused-ring (bicyclic) bond motifs is 1. The summed E-state index contributed by atoms with van der Waals surface area (Å²) in [6, 6.07) is 17.7. The van der Waals surface area contributed by atoms with E-state index in [1.807, 2.05) is 24.3 Å². The molecule has 13 heteroatoms. The van der Waals surface area contributed by atoms with Gasteiger partial charge in [0.05, 0.1) is 13.7 Å². The van der Waals surface area contributed by atoms with Gasteiger partial charge in [-0.2, -0.15) is 5.10 Å². The molecule has 0 spiro atoms. The topological polar surface area (TPSA) is 157 Å². The number of nitrogens with zero attached hydrogens (tertiary/aromatic N) is 6. The van der Waals surface area contributed by atoms with Gasteiger partial charge in [-0.25, -0.2) is 24.4 Å². The zero-order valence-corrected chi connectivity index (χ0v) is 23.2. The maximum absolute atomic E-state index is 12.6. The lowest BCUT2D eigenvalue weighted by Crippen LogP contribution is -2.30. The van der Waals surface area contributed by atoms with Crippen molar-refractivity contribution in [3.05, 3.63) is 90.5 Å². The Kier molecular flexibility index (Phi) is 7.68. The Hall–Kier alpha value is -5.72. The van der Waals surface area contributed by atoms with Gasteiger partial charge in [0.2, 0.25) is 0 Å². The average molecular weight is 581 g/mol. The van der Waals surface area contributed by atoms with Crippen LogP contribution in [-0.4, -0.2) is 73.0 Å². The van der Waals surface area contributed by atoms with Gasteiger partial charge in [-0.15, -0.1) is 0 Å². The van der Waals surface area contributed by atoms with E-state index in [1.54, 1.807) is 60.6 Å². The van der Waals surface area contributed by atoms with Crippen LogP contribution in [0.15, 0.2) is 79.4 Å². The molecule has 13 nitrogen and oxygen atoms in total. The summed E-state index contributed by atoms with van der Waals surface area (Å²) in [6.07, 6.45) is 4.26. The van der Waals surface area contributed by atoms with Crippen LogP contribution >= 0.6 is 0 Å². The Morgan fingerprint density at radius 3 is 2.49 bits per heavy atom. The summed E-state index contributed by atoms with van der Waals surface area (Å²) in [5.74, 6) is 2.42. The second kappa shape index (κ2) is 12.0. The summed E-state index contributed by atoms with van der Waals surface area (Å²) >= 11 is 0. The summed E-state index contributed by atoms with van der Waals surface area (Å²) in [7, 11) is 1.62. The van der Waals surface area contributed by atoms with Crippen LogP contribution in [0.4, 0.5) is 16.4 Å². The second-order valence-corrected chi connectivity index (χ2v) is 9.90. The molecule has 1 aliphatic rings. The lowest BCUT2D eigenvalue weighted by molar-refractivity contribution is 0.102. The van der Waals surface area contributed by atoms with Gasteiger partial charge in [0, 0.05) is 43.2 Å². The van der Waals surface area contributed by atoms with Gasteiger partial charge < -0.3 is 30.1 Å². The van der Waals surface area contributed by atoms with Crippen molar-refractivity contribution in [2.24, 2.45) is 0 Å². The van der Waals surface area contributed by atoms with Crippen molar-refractivity contribution in [2.45, 2.75) is 19.0 Å². The minimum absolute atomic E-state index is 0.121. The molecule has 2 amide bonds. The molecule has 4 heterocycles. The highest BCUT2D eigenvalue weighted by Gasteiger charge is 2.28. The fraction of sp³-hybridized carbons (Fsp3) is 0.200. The van der Waals surface area contributed by atoms with Crippen LogP contribution in [0.5, 0.6) is 17.2 Å².